The fourth-order valence-corrected chi connectivity index (χ4v) is 0.729. The van der Waals surface area contributed by atoms with Crippen LogP contribution in [0.15, 0.2) is 0 Å². The van der Waals surface area contributed by atoms with Crippen LogP contribution in [0.2, 0.25) is 0 Å². The smallest absolute Gasteiger partial charge is 0.308 e. The van der Waals surface area contributed by atoms with Crippen LogP contribution in [0.4, 0.5) is 0 Å². The molecule has 0 aromatic heterocycles. The molecule has 60 valence electrons. The molecule has 1 unspecified atom stereocenters. The van der Waals surface area contributed by atoms with Crippen LogP contribution in [0.1, 0.15) is 20.3 Å². The maximum atomic E-state index is 10.1. The number of carboxylic acid groups (broad SMARTS) is 1. The predicted octanol–water partition coefficient (Wildman–Crippen LogP) is 1.13. The van der Waals surface area contributed by atoms with Crippen LogP contribution in [0, 0.1) is 5.92 Å². The van der Waals surface area contributed by atoms with E-state index in [4.69, 9.17) is 9.84 Å². The molecule has 0 amide bonds. The molecule has 3 nitrogen and oxygen atoms in total. The second kappa shape index (κ2) is 5.23. The molecule has 0 bridgehead atoms. The van der Waals surface area contributed by atoms with Crippen LogP contribution in [0.25, 0.3) is 0 Å². The zero-order valence-corrected chi connectivity index (χ0v) is 6.46. The number of hydrogen-bond acceptors (Lipinski definition) is 2. The maximum Gasteiger partial charge on any atom is 0.308 e. The molecule has 1 atom stereocenters. The van der Waals surface area contributed by atoms with Gasteiger partial charge in [-0.3, -0.25) is 4.79 Å². The summed E-state index contributed by atoms with van der Waals surface area (Å²) in [7, 11) is 0. The third-order valence-electron chi connectivity index (χ3n) is 1.28. The maximum absolute atomic E-state index is 10.1. The lowest BCUT2D eigenvalue weighted by Crippen LogP contribution is -2.12. The summed E-state index contributed by atoms with van der Waals surface area (Å²) in [5.41, 5.74) is 0. The first-order valence-electron chi connectivity index (χ1n) is 3.61. The molecule has 1 aliphatic heterocycles. The first-order chi connectivity index (χ1) is 4.80. The van der Waals surface area contributed by atoms with Gasteiger partial charge in [-0.25, -0.2) is 0 Å². The Kier molecular flexibility index (Phi) is 4.94. The molecule has 1 rings (SSSR count). The monoisotopic (exact) mass is 146 g/mol. The van der Waals surface area contributed by atoms with Gasteiger partial charge in [-0.15, -0.1) is 0 Å². The van der Waals surface area contributed by atoms with Crippen molar-refractivity contribution in [3.05, 3.63) is 0 Å². The van der Waals surface area contributed by atoms with Crippen molar-refractivity contribution in [1.82, 2.24) is 0 Å². The highest BCUT2D eigenvalue weighted by Gasteiger charge is 2.21. The fraction of sp³-hybridized carbons (Fsp3) is 0.857. The standard InChI is InChI=1S/C5H8O3.C2H6/c6-5(7)4-1-2-8-3-4;1-2/h4H,1-3H2,(H,6,7);1-2H3. The summed E-state index contributed by atoms with van der Waals surface area (Å²) < 4.78 is 4.84. The molecular formula is C7H14O3. The molecule has 0 aromatic rings. The van der Waals surface area contributed by atoms with Gasteiger partial charge in [-0.2, -0.15) is 0 Å². The molecule has 0 radical (unpaired) electrons. The van der Waals surface area contributed by atoms with Crippen molar-refractivity contribution in [2.45, 2.75) is 20.3 Å². The topological polar surface area (TPSA) is 46.5 Å². The Balaban J connectivity index is 0.000000371. The Morgan fingerprint density at radius 3 is 2.40 bits per heavy atom. The van der Waals surface area contributed by atoms with E-state index in [1.54, 1.807) is 0 Å². The second-order valence-corrected chi connectivity index (χ2v) is 1.90. The lowest BCUT2D eigenvalue weighted by Gasteiger charge is -1.95. The highest BCUT2D eigenvalue weighted by atomic mass is 16.5. The lowest BCUT2D eigenvalue weighted by atomic mass is 10.1. The second-order valence-electron chi connectivity index (χ2n) is 1.90. The van der Waals surface area contributed by atoms with Gasteiger partial charge in [0.05, 0.1) is 12.5 Å². The van der Waals surface area contributed by atoms with Crippen LogP contribution in [0.3, 0.4) is 0 Å². The van der Waals surface area contributed by atoms with Crippen LogP contribution >= 0.6 is 0 Å². The Hall–Kier alpha value is -0.570. The third kappa shape index (κ3) is 2.82. The van der Waals surface area contributed by atoms with Gasteiger partial charge in [0, 0.05) is 6.61 Å². The van der Waals surface area contributed by atoms with Crippen LogP contribution in [-0.2, 0) is 9.53 Å². The predicted molar refractivity (Wildman–Crippen MR) is 37.9 cm³/mol. The van der Waals surface area contributed by atoms with Gasteiger partial charge in [-0.1, -0.05) is 13.8 Å². The van der Waals surface area contributed by atoms with E-state index < -0.39 is 5.97 Å². The van der Waals surface area contributed by atoms with Crippen molar-refractivity contribution >= 4 is 5.97 Å². The molecule has 0 spiro atoms. The average Bonchev–Trinajstić information content (AvgIpc) is 2.42. The molecule has 1 heterocycles. The summed E-state index contributed by atoms with van der Waals surface area (Å²) in [6, 6.07) is 0. The van der Waals surface area contributed by atoms with Gasteiger partial charge in [0.2, 0.25) is 0 Å². The van der Waals surface area contributed by atoms with E-state index in [-0.39, 0.29) is 5.92 Å². The van der Waals surface area contributed by atoms with Crippen molar-refractivity contribution in [2.75, 3.05) is 13.2 Å². The van der Waals surface area contributed by atoms with E-state index in [1.165, 1.54) is 0 Å². The highest BCUT2D eigenvalue weighted by molar-refractivity contribution is 5.70. The number of hydrogen-bond donors (Lipinski definition) is 1. The SMILES string of the molecule is CC.O=C(O)C1CCOC1. The quantitative estimate of drug-likeness (QED) is 0.603. The molecular weight excluding hydrogens is 132 g/mol. The van der Waals surface area contributed by atoms with Gasteiger partial charge in [-0.05, 0) is 6.42 Å². The molecule has 0 saturated carbocycles. The van der Waals surface area contributed by atoms with Crippen LogP contribution in [-0.4, -0.2) is 24.3 Å². The molecule has 1 saturated heterocycles. The van der Waals surface area contributed by atoms with E-state index >= 15 is 0 Å². The average molecular weight is 146 g/mol. The summed E-state index contributed by atoms with van der Waals surface area (Å²) >= 11 is 0. The number of carbonyl (C=O) groups is 1. The lowest BCUT2D eigenvalue weighted by molar-refractivity contribution is -0.141. The first kappa shape index (κ1) is 9.43. The van der Waals surface area contributed by atoms with Gasteiger partial charge in [0.25, 0.3) is 0 Å². The van der Waals surface area contributed by atoms with Gasteiger partial charge >= 0.3 is 5.97 Å². The zero-order chi connectivity index (χ0) is 7.98. The van der Waals surface area contributed by atoms with Crippen LogP contribution in [0.5, 0.6) is 0 Å². The van der Waals surface area contributed by atoms with Gasteiger partial charge in [0.1, 0.15) is 0 Å². The number of ether oxygens (including phenoxy) is 1. The third-order valence-corrected chi connectivity index (χ3v) is 1.28. The Morgan fingerprint density at radius 2 is 2.20 bits per heavy atom. The zero-order valence-electron chi connectivity index (χ0n) is 6.46. The van der Waals surface area contributed by atoms with Crippen molar-refractivity contribution in [1.29, 1.82) is 0 Å². The number of rotatable bonds is 1. The summed E-state index contributed by atoms with van der Waals surface area (Å²) in [6.45, 7) is 5.01. The van der Waals surface area contributed by atoms with Crippen LogP contribution < -0.4 is 0 Å². The molecule has 10 heavy (non-hydrogen) atoms. The van der Waals surface area contributed by atoms with E-state index in [2.05, 4.69) is 0 Å². The molecule has 1 fully saturated rings. The van der Waals surface area contributed by atoms with Gasteiger partial charge in [0.15, 0.2) is 0 Å². The minimum atomic E-state index is -0.734. The van der Waals surface area contributed by atoms with E-state index in [9.17, 15) is 4.79 Å². The summed E-state index contributed by atoms with van der Waals surface area (Å²) in [4.78, 5) is 10.1. The fourth-order valence-electron chi connectivity index (χ4n) is 0.729. The van der Waals surface area contributed by atoms with Crippen molar-refractivity contribution in [2.24, 2.45) is 5.92 Å². The molecule has 1 N–H and O–H groups in total. The van der Waals surface area contributed by atoms with E-state index in [0.717, 1.165) is 0 Å². The number of carboxylic acids is 1. The van der Waals surface area contributed by atoms with Crippen molar-refractivity contribution in [3.8, 4) is 0 Å². The highest BCUT2D eigenvalue weighted by Crippen LogP contribution is 2.11. The molecule has 0 aliphatic carbocycles. The Bertz CT molecular complexity index is 95.0. The largest absolute Gasteiger partial charge is 0.481 e. The Morgan fingerprint density at radius 1 is 1.60 bits per heavy atom. The summed E-state index contributed by atoms with van der Waals surface area (Å²) in [6.07, 6.45) is 0.676. The Labute approximate surface area is 61.0 Å². The summed E-state index contributed by atoms with van der Waals surface area (Å²) in [5, 5.41) is 8.33. The minimum Gasteiger partial charge on any atom is -0.481 e. The van der Waals surface area contributed by atoms with Gasteiger partial charge < -0.3 is 9.84 Å². The minimum absolute atomic E-state index is 0.241. The van der Waals surface area contributed by atoms with E-state index in [1.807, 2.05) is 13.8 Å². The summed E-state index contributed by atoms with van der Waals surface area (Å²) in [5.74, 6) is -0.975. The number of aliphatic carboxylic acids is 1. The molecule has 0 aromatic carbocycles. The van der Waals surface area contributed by atoms with E-state index in [0.29, 0.717) is 19.6 Å². The van der Waals surface area contributed by atoms with Crippen molar-refractivity contribution < 1.29 is 14.6 Å². The first-order valence-corrected chi connectivity index (χ1v) is 3.61. The molecule has 1 aliphatic rings. The molecule has 3 heteroatoms. The van der Waals surface area contributed by atoms with Crippen molar-refractivity contribution in [3.63, 3.8) is 0 Å². The normalized spacial score (nSPS) is 23.2.